The fourth-order valence-electron chi connectivity index (χ4n) is 0.865. The number of halogens is 3. The van der Waals surface area contributed by atoms with Crippen molar-refractivity contribution in [2.24, 2.45) is 0 Å². The SMILES string of the molecule is O=C(Br)c1ccc(Br)cc1CBr. The first kappa shape index (κ1) is 10.4. The molecule has 0 spiro atoms. The molecule has 0 aliphatic heterocycles. The Balaban J connectivity index is 3.20. The van der Waals surface area contributed by atoms with Crippen molar-refractivity contribution in [3.63, 3.8) is 0 Å². The van der Waals surface area contributed by atoms with Gasteiger partial charge in [0.2, 0.25) is 4.69 Å². The number of benzene rings is 1. The Hall–Kier alpha value is 0.330. The number of carbonyl (C=O) groups excluding carboxylic acids is 1. The van der Waals surface area contributed by atoms with Crippen LogP contribution >= 0.6 is 47.8 Å². The van der Waals surface area contributed by atoms with Gasteiger partial charge in [-0.1, -0.05) is 31.9 Å². The maximum atomic E-state index is 11.0. The Labute approximate surface area is 95.9 Å². The van der Waals surface area contributed by atoms with Gasteiger partial charge >= 0.3 is 0 Å². The van der Waals surface area contributed by atoms with E-state index in [2.05, 4.69) is 47.8 Å². The molecule has 0 fully saturated rings. The number of hydrogen-bond acceptors (Lipinski definition) is 1. The molecule has 0 heterocycles. The fourth-order valence-corrected chi connectivity index (χ4v) is 2.12. The molecule has 0 saturated carbocycles. The molecule has 0 saturated heterocycles. The predicted molar refractivity (Wildman–Crippen MR) is 60.0 cm³/mol. The largest absolute Gasteiger partial charge is 0.281 e. The highest BCUT2D eigenvalue weighted by Crippen LogP contribution is 2.20. The van der Waals surface area contributed by atoms with Gasteiger partial charge in [-0.15, -0.1) is 0 Å². The van der Waals surface area contributed by atoms with Crippen molar-refractivity contribution >= 4 is 52.5 Å². The minimum absolute atomic E-state index is 0.0792. The molecule has 0 amide bonds. The van der Waals surface area contributed by atoms with Gasteiger partial charge in [-0.05, 0) is 39.7 Å². The monoisotopic (exact) mass is 354 g/mol. The molecule has 0 aromatic heterocycles. The molecule has 1 aromatic carbocycles. The Kier molecular flexibility index (Phi) is 3.93. The van der Waals surface area contributed by atoms with E-state index in [1.807, 2.05) is 12.1 Å². The third-order valence-corrected chi connectivity index (χ3v) is 2.95. The van der Waals surface area contributed by atoms with Crippen LogP contribution in [0.5, 0.6) is 0 Å². The summed E-state index contributed by atoms with van der Waals surface area (Å²) in [7, 11) is 0. The first-order chi connectivity index (χ1) is 5.65. The molecule has 1 rings (SSSR count). The van der Waals surface area contributed by atoms with Crippen molar-refractivity contribution in [2.75, 3.05) is 0 Å². The van der Waals surface area contributed by atoms with Gasteiger partial charge in [0.05, 0.1) is 0 Å². The summed E-state index contributed by atoms with van der Waals surface area (Å²) in [6.45, 7) is 0. The summed E-state index contributed by atoms with van der Waals surface area (Å²) in [5, 5.41) is 0.680. The van der Waals surface area contributed by atoms with Crippen molar-refractivity contribution in [1.29, 1.82) is 0 Å². The van der Waals surface area contributed by atoms with Crippen LogP contribution in [0.3, 0.4) is 0 Å². The molecule has 12 heavy (non-hydrogen) atoms. The third kappa shape index (κ3) is 2.41. The summed E-state index contributed by atoms with van der Waals surface area (Å²) in [5.41, 5.74) is 1.68. The Bertz CT molecular complexity index is 309. The second-order valence-corrected chi connectivity index (χ2v) is 4.41. The topological polar surface area (TPSA) is 17.1 Å². The van der Waals surface area contributed by atoms with Crippen LogP contribution < -0.4 is 0 Å². The zero-order chi connectivity index (χ0) is 9.14. The van der Waals surface area contributed by atoms with Crippen LogP contribution in [0.25, 0.3) is 0 Å². The standard InChI is InChI=1S/C8H5Br3O/c9-4-5-3-6(10)1-2-7(5)8(11)12/h1-3H,4H2. The minimum Gasteiger partial charge on any atom is -0.281 e. The molecule has 4 heteroatoms. The van der Waals surface area contributed by atoms with E-state index < -0.39 is 0 Å². The summed E-state index contributed by atoms with van der Waals surface area (Å²) in [5.74, 6) is 0. The van der Waals surface area contributed by atoms with Crippen molar-refractivity contribution < 1.29 is 4.79 Å². The summed E-state index contributed by atoms with van der Waals surface area (Å²) in [4.78, 5) is 11.0. The second-order valence-electron chi connectivity index (χ2n) is 2.21. The second kappa shape index (κ2) is 4.53. The van der Waals surface area contributed by atoms with Crippen molar-refractivity contribution in [1.82, 2.24) is 0 Å². The van der Waals surface area contributed by atoms with Gasteiger partial charge in [0.15, 0.2) is 0 Å². The maximum Gasteiger partial charge on any atom is 0.228 e. The quantitative estimate of drug-likeness (QED) is 0.580. The molecule has 0 bridgehead atoms. The molecule has 0 unspecified atom stereocenters. The van der Waals surface area contributed by atoms with E-state index in [-0.39, 0.29) is 4.69 Å². The normalized spacial score (nSPS) is 9.92. The minimum atomic E-state index is -0.0792. The number of rotatable bonds is 2. The van der Waals surface area contributed by atoms with E-state index >= 15 is 0 Å². The fraction of sp³-hybridized carbons (Fsp3) is 0.125. The highest BCUT2D eigenvalue weighted by molar-refractivity contribution is 9.18. The lowest BCUT2D eigenvalue weighted by atomic mass is 10.1. The van der Waals surface area contributed by atoms with E-state index in [4.69, 9.17) is 0 Å². The van der Waals surface area contributed by atoms with Gasteiger partial charge in [-0.2, -0.15) is 0 Å². The molecule has 0 aliphatic carbocycles. The molecule has 64 valence electrons. The number of alkyl halides is 1. The Morgan fingerprint density at radius 1 is 1.42 bits per heavy atom. The smallest absolute Gasteiger partial charge is 0.228 e. The van der Waals surface area contributed by atoms with Gasteiger partial charge in [0, 0.05) is 15.4 Å². The summed E-state index contributed by atoms with van der Waals surface area (Å²) in [6, 6.07) is 5.56. The van der Waals surface area contributed by atoms with Crippen LogP contribution in [-0.2, 0) is 5.33 Å². The van der Waals surface area contributed by atoms with Crippen molar-refractivity contribution in [2.45, 2.75) is 5.33 Å². The van der Waals surface area contributed by atoms with Gasteiger partial charge in [0.25, 0.3) is 0 Å². The highest BCUT2D eigenvalue weighted by atomic mass is 79.9. The van der Waals surface area contributed by atoms with Crippen LogP contribution in [-0.4, -0.2) is 4.69 Å². The van der Waals surface area contributed by atoms with Crippen LogP contribution in [0, 0.1) is 0 Å². The zero-order valence-electron chi connectivity index (χ0n) is 5.98. The lowest BCUT2D eigenvalue weighted by molar-refractivity contribution is 0.109. The zero-order valence-corrected chi connectivity index (χ0v) is 10.7. The van der Waals surface area contributed by atoms with E-state index in [1.165, 1.54) is 0 Å². The van der Waals surface area contributed by atoms with E-state index in [9.17, 15) is 4.79 Å². The average molecular weight is 357 g/mol. The third-order valence-electron chi connectivity index (χ3n) is 1.42. The molecule has 0 atom stereocenters. The van der Waals surface area contributed by atoms with Crippen LogP contribution in [0.2, 0.25) is 0 Å². The van der Waals surface area contributed by atoms with Gasteiger partial charge < -0.3 is 0 Å². The van der Waals surface area contributed by atoms with Crippen molar-refractivity contribution in [3.8, 4) is 0 Å². The van der Waals surface area contributed by atoms with Crippen LogP contribution in [0.4, 0.5) is 0 Å². The summed E-state index contributed by atoms with van der Waals surface area (Å²) >= 11 is 9.58. The molecule has 0 radical (unpaired) electrons. The molecule has 0 aliphatic rings. The molecular weight excluding hydrogens is 352 g/mol. The van der Waals surface area contributed by atoms with Crippen LogP contribution in [0.15, 0.2) is 22.7 Å². The summed E-state index contributed by atoms with van der Waals surface area (Å²) in [6.07, 6.45) is 0. The maximum absolute atomic E-state index is 11.0. The van der Waals surface area contributed by atoms with Gasteiger partial charge in [0.1, 0.15) is 0 Å². The highest BCUT2D eigenvalue weighted by Gasteiger charge is 2.07. The van der Waals surface area contributed by atoms with Gasteiger partial charge in [-0.25, -0.2) is 0 Å². The lowest BCUT2D eigenvalue weighted by Gasteiger charge is -2.02. The summed E-state index contributed by atoms with van der Waals surface area (Å²) < 4.78 is 0.902. The Morgan fingerprint density at radius 3 is 2.58 bits per heavy atom. The van der Waals surface area contributed by atoms with E-state index in [0.717, 1.165) is 10.0 Å². The first-order valence-corrected chi connectivity index (χ1v) is 5.90. The first-order valence-electron chi connectivity index (χ1n) is 3.19. The van der Waals surface area contributed by atoms with E-state index in [1.54, 1.807) is 6.07 Å². The molecule has 1 nitrogen and oxygen atoms in total. The van der Waals surface area contributed by atoms with Gasteiger partial charge in [-0.3, -0.25) is 4.79 Å². The molecular formula is C8H5Br3O. The predicted octanol–water partition coefficient (Wildman–Crippen LogP) is 3.88. The average Bonchev–Trinajstić information content (AvgIpc) is 2.03. The molecule has 1 aromatic rings. The Morgan fingerprint density at radius 2 is 2.08 bits per heavy atom. The number of carbonyl (C=O) groups is 1. The van der Waals surface area contributed by atoms with Crippen molar-refractivity contribution in [3.05, 3.63) is 33.8 Å². The van der Waals surface area contributed by atoms with E-state index in [0.29, 0.717) is 10.9 Å². The molecule has 0 N–H and O–H groups in total. The number of hydrogen-bond donors (Lipinski definition) is 0. The lowest BCUT2D eigenvalue weighted by Crippen LogP contribution is -1.94. The van der Waals surface area contributed by atoms with Crippen LogP contribution in [0.1, 0.15) is 15.9 Å².